The number of hydrogen-bond acceptors (Lipinski definition) is 1. The zero-order chi connectivity index (χ0) is 16.8. The van der Waals surface area contributed by atoms with Crippen LogP contribution < -0.4 is 0 Å². The third-order valence-corrected chi connectivity index (χ3v) is 20.1. The van der Waals surface area contributed by atoms with Crippen LogP contribution in [-0.2, 0) is 0 Å². The van der Waals surface area contributed by atoms with Crippen LogP contribution >= 0.6 is 0 Å². The molecule has 0 aromatic heterocycles. The number of nitriles is 1. The first-order chi connectivity index (χ1) is 10.5. The van der Waals surface area contributed by atoms with Gasteiger partial charge in [0.15, 0.2) is 0 Å². The summed E-state index contributed by atoms with van der Waals surface area (Å²) in [5, 5.41) is 9.00. The van der Waals surface area contributed by atoms with Gasteiger partial charge in [-0.15, -0.1) is 0 Å². The van der Waals surface area contributed by atoms with Crippen LogP contribution in [0.3, 0.4) is 0 Å². The van der Waals surface area contributed by atoms with Crippen LogP contribution in [0.4, 0.5) is 0 Å². The van der Waals surface area contributed by atoms with Crippen LogP contribution in [0.5, 0.6) is 0 Å². The Morgan fingerprint density at radius 1 is 1.00 bits per heavy atom. The summed E-state index contributed by atoms with van der Waals surface area (Å²) >= 11 is -1.99. The number of hydrogen-bond donors (Lipinski definition) is 0. The molecule has 0 bridgehead atoms. The topological polar surface area (TPSA) is 23.8 Å². The van der Waals surface area contributed by atoms with E-state index in [0.29, 0.717) is 0 Å². The van der Waals surface area contributed by atoms with Crippen molar-refractivity contribution in [2.24, 2.45) is 5.92 Å². The van der Waals surface area contributed by atoms with E-state index >= 15 is 0 Å². The van der Waals surface area contributed by atoms with E-state index in [1.807, 2.05) is 6.92 Å². The molecule has 0 heterocycles. The molecule has 0 aliphatic heterocycles. The molecule has 0 fully saturated rings. The number of allylic oxidation sites excluding steroid dienone is 2. The summed E-state index contributed by atoms with van der Waals surface area (Å²) in [7, 11) is 0. The maximum atomic E-state index is 9.00. The van der Waals surface area contributed by atoms with E-state index in [2.05, 4.69) is 39.8 Å². The van der Waals surface area contributed by atoms with Crippen molar-refractivity contribution < 1.29 is 0 Å². The van der Waals surface area contributed by atoms with E-state index in [-0.39, 0.29) is 5.92 Å². The first kappa shape index (κ1) is 22.0. The number of nitrogens with zero attached hydrogens (tertiary/aromatic N) is 1. The zero-order valence-corrected chi connectivity index (χ0v) is 18.7. The summed E-state index contributed by atoms with van der Waals surface area (Å²) in [6.07, 6.45) is 11.9. The third-order valence-electron chi connectivity index (χ3n) is 4.91. The van der Waals surface area contributed by atoms with Gasteiger partial charge in [-0.3, -0.25) is 0 Å². The van der Waals surface area contributed by atoms with Gasteiger partial charge in [0.2, 0.25) is 0 Å². The molecule has 0 aromatic rings. The molecule has 0 aliphatic carbocycles. The maximum absolute atomic E-state index is 9.00. The van der Waals surface area contributed by atoms with E-state index in [1.54, 1.807) is 13.3 Å². The molecule has 0 radical (unpaired) electrons. The summed E-state index contributed by atoms with van der Waals surface area (Å²) in [5.74, 6) is 0.169. The van der Waals surface area contributed by atoms with Crippen molar-refractivity contribution in [1.82, 2.24) is 0 Å². The van der Waals surface area contributed by atoms with Gasteiger partial charge in [0.1, 0.15) is 0 Å². The molecular weight excluding hydrogens is 373 g/mol. The van der Waals surface area contributed by atoms with Crippen molar-refractivity contribution in [3.05, 3.63) is 11.6 Å². The molecule has 0 aliphatic rings. The van der Waals surface area contributed by atoms with Gasteiger partial charge >= 0.3 is 145 Å². The number of rotatable bonds is 13. The molecule has 2 heteroatoms. The minimum absolute atomic E-state index is 0.169. The van der Waals surface area contributed by atoms with Crippen molar-refractivity contribution in [3.63, 3.8) is 0 Å². The van der Waals surface area contributed by atoms with Crippen LogP contribution in [0.2, 0.25) is 17.7 Å². The van der Waals surface area contributed by atoms with Gasteiger partial charge in [-0.25, -0.2) is 0 Å². The van der Waals surface area contributed by atoms with Gasteiger partial charge in [0.05, 0.1) is 0 Å². The SMILES string of the molecule is CCC[CH2][Sn]([CH2]/C=C(\C)CC(C)C#N)([CH2]CCC)[CH2]CCC. The molecule has 1 nitrogen and oxygen atoms in total. The Bertz CT molecular complexity index is 318. The molecule has 0 amide bonds. The Balaban J connectivity index is 4.91. The van der Waals surface area contributed by atoms with Crippen LogP contribution in [0.1, 0.15) is 79.6 Å². The third kappa shape index (κ3) is 9.93. The molecule has 0 aromatic carbocycles. The fraction of sp³-hybridized carbons (Fsp3) is 0.850. The molecule has 0 rings (SSSR count). The molecule has 0 N–H and O–H groups in total. The Labute approximate surface area is 144 Å². The summed E-state index contributed by atoms with van der Waals surface area (Å²) in [6.45, 7) is 11.3. The molecule has 128 valence electrons. The number of unbranched alkanes of at least 4 members (excludes halogenated alkanes) is 3. The first-order valence-electron chi connectivity index (χ1n) is 9.58. The Morgan fingerprint density at radius 2 is 1.45 bits per heavy atom. The fourth-order valence-corrected chi connectivity index (χ4v) is 18.9. The quantitative estimate of drug-likeness (QED) is 0.230. The minimum atomic E-state index is -1.99. The molecule has 22 heavy (non-hydrogen) atoms. The van der Waals surface area contributed by atoms with Gasteiger partial charge in [-0.1, -0.05) is 0 Å². The molecule has 0 saturated carbocycles. The molecule has 1 unspecified atom stereocenters. The van der Waals surface area contributed by atoms with Crippen molar-refractivity contribution in [2.75, 3.05) is 0 Å². The predicted octanol–water partition coefficient (Wildman–Crippen LogP) is 7.33. The second-order valence-corrected chi connectivity index (χ2v) is 21.3. The van der Waals surface area contributed by atoms with E-state index < -0.39 is 18.4 Å². The van der Waals surface area contributed by atoms with E-state index in [1.165, 1.54) is 48.5 Å². The molecule has 1 atom stereocenters. The van der Waals surface area contributed by atoms with Crippen LogP contribution in [0.15, 0.2) is 11.6 Å². The average Bonchev–Trinajstić information content (AvgIpc) is 2.53. The van der Waals surface area contributed by atoms with Gasteiger partial charge in [-0.05, 0) is 0 Å². The standard InChI is InChI=1S/C8H12N.3C4H9.Sn/c1-4-7(2)5-8(3)6-9;3*1-3-4-2;/h4,8H,1,5H2,2-3H3;3*1,3-4H2,2H3;/b7-4+;;;;. The monoisotopic (exact) mass is 413 g/mol. The van der Waals surface area contributed by atoms with Crippen molar-refractivity contribution in [1.29, 1.82) is 5.26 Å². The molecule has 0 saturated heterocycles. The van der Waals surface area contributed by atoms with E-state index in [9.17, 15) is 0 Å². The van der Waals surface area contributed by atoms with E-state index in [4.69, 9.17) is 5.26 Å². The summed E-state index contributed by atoms with van der Waals surface area (Å²) < 4.78 is 6.19. The Hall–Kier alpha value is 0.0287. The van der Waals surface area contributed by atoms with Gasteiger partial charge < -0.3 is 0 Å². The Kier molecular flexibility index (Phi) is 13.5. The van der Waals surface area contributed by atoms with Crippen LogP contribution in [-0.4, -0.2) is 18.4 Å². The normalized spacial score (nSPS) is 13.9. The molecule has 0 spiro atoms. The van der Waals surface area contributed by atoms with Crippen molar-refractivity contribution in [3.8, 4) is 6.07 Å². The average molecular weight is 412 g/mol. The van der Waals surface area contributed by atoms with E-state index in [0.717, 1.165) is 6.42 Å². The van der Waals surface area contributed by atoms with Gasteiger partial charge in [0, 0.05) is 0 Å². The van der Waals surface area contributed by atoms with Gasteiger partial charge in [0.25, 0.3) is 0 Å². The second kappa shape index (κ2) is 13.5. The first-order valence-corrected chi connectivity index (χ1v) is 17.7. The van der Waals surface area contributed by atoms with Crippen LogP contribution in [0.25, 0.3) is 0 Å². The summed E-state index contributed by atoms with van der Waals surface area (Å²) in [4.78, 5) is 0. The fourth-order valence-electron chi connectivity index (χ4n) is 3.34. The van der Waals surface area contributed by atoms with Crippen molar-refractivity contribution in [2.45, 2.75) is 97.3 Å². The van der Waals surface area contributed by atoms with Crippen LogP contribution in [0, 0.1) is 17.2 Å². The van der Waals surface area contributed by atoms with Gasteiger partial charge in [-0.2, -0.15) is 0 Å². The zero-order valence-electron chi connectivity index (χ0n) is 15.9. The second-order valence-electron chi connectivity index (χ2n) is 7.30. The Morgan fingerprint density at radius 3 is 1.82 bits per heavy atom. The molecular formula is C20H39NSn. The van der Waals surface area contributed by atoms with Crippen molar-refractivity contribution >= 4 is 18.4 Å². The predicted molar refractivity (Wildman–Crippen MR) is 103 cm³/mol. The summed E-state index contributed by atoms with van der Waals surface area (Å²) in [5.41, 5.74) is 1.46. The summed E-state index contributed by atoms with van der Waals surface area (Å²) in [6, 6.07) is 2.37.